The minimum Gasteiger partial charge on any atom is -0.486 e. The minimum absolute atomic E-state index is 0.0606. The van der Waals surface area contributed by atoms with Crippen LogP contribution in [0.3, 0.4) is 0 Å². The highest BCUT2D eigenvalue weighted by Gasteiger charge is 2.40. The fraction of sp³-hybridized carbons (Fsp3) is 0.148. The average molecular weight is 453 g/mol. The Morgan fingerprint density at radius 3 is 2.50 bits per heavy atom. The van der Waals surface area contributed by atoms with Gasteiger partial charge in [0.15, 0.2) is 5.76 Å². The minimum atomic E-state index is -0.601. The summed E-state index contributed by atoms with van der Waals surface area (Å²) in [5.74, 6) is 0.324. The van der Waals surface area contributed by atoms with Crippen molar-refractivity contribution in [2.75, 3.05) is 12.1 Å². The normalized spacial score (nSPS) is 17.6. The van der Waals surface area contributed by atoms with E-state index in [2.05, 4.69) is 4.99 Å². The molecule has 1 fully saturated rings. The first kappa shape index (κ1) is 21.6. The lowest BCUT2D eigenvalue weighted by Gasteiger charge is -2.25. The number of benzene rings is 3. The molecule has 1 aliphatic rings. The number of hydrazine groups is 1. The van der Waals surface area contributed by atoms with Gasteiger partial charge < -0.3 is 9.15 Å². The number of aliphatic imine (C=N–C) groups is 1. The molecule has 4 aromatic rings. The molecular formula is C27H23N3O4. The molecule has 0 spiro atoms. The molecule has 0 radical (unpaired) electrons. The van der Waals surface area contributed by atoms with Crippen molar-refractivity contribution < 1.29 is 18.7 Å². The Hall–Kier alpha value is -4.23. The molecule has 2 heterocycles. The molecule has 2 amide bonds. The number of carbonyl (C=O) groups excluding carboxylic acids is 2. The van der Waals surface area contributed by atoms with Crippen LogP contribution in [0.1, 0.15) is 23.2 Å². The van der Waals surface area contributed by atoms with Gasteiger partial charge in [0.1, 0.15) is 23.8 Å². The van der Waals surface area contributed by atoms with Crippen LogP contribution in [0.4, 0.5) is 5.69 Å². The van der Waals surface area contributed by atoms with E-state index >= 15 is 0 Å². The van der Waals surface area contributed by atoms with Crippen LogP contribution in [0, 0.1) is 0 Å². The predicted octanol–water partition coefficient (Wildman–Crippen LogP) is 4.88. The van der Waals surface area contributed by atoms with Gasteiger partial charge in [0.05, 0.1) is 11.7 Å². The van der Waals surface area contributed by atoms with E-state index in [9.17, 15) is 9.59 Å². The van der Waals surface area contributed by atoms with E-state index in [4.69, 9.17) is 9.15 Å². The molecule has 34 heavy (non-hydrogen) atoms. The molecule has 1 aliphatic heterocycles. The maximum atomic E-state index is 13.0. The first-order valence-corrected chi connectivity index (χ1v) is 11.0. The number of ether oxygens (including phenoxy) is 1. The molecule has 170 valence electrons. The molecule has 0 saturated carbocycles. The van der Waals surface area contributed by atoms with Gasteiger partial charge in [-0.15, -0.1) is 0 Å². The molecular weight excluding hydrogens is 430 g/mol. The summed E-state index contributed by atoms with van der Waals surface area (Å²) in [6.07, 6.45) is 0. The van der Waals surface area contributed by atoms with E-state index in [1.807, 2.05) is 79.7 Å². The van der Waals surface area contributed by atoms with Crippen molar-refractivity contribution in [1.29, 1.82) is 0 Å². The zero-order chi connectivity index (χ0) is 23.7. The van der Waals surface area contributed by atoms with E-state index in [0.717, 1.165) is 10.8 Å². The number of hydrogen-bond donors (Lipinski definition) is 0. The fourth-order valence-corrected chi connectivity index (χ4v) is 3.94. The van der Waals surface area contributed by atoms with Crippen molar-refractivity contribution in [3.8, 4) is 5.75 Å². The Morgan fingerprint density at radius 1 is 0.971 bits per heavy atom. The van der Waals surface area contributed by atoms with Gasteiger partial charge in [0, 0.05) is 7.05 Å². The standard InChI is InChI=1S/C27H23N3O4/c1-18-25(27(32)30(29(18)2)21-10-4-3-5-11-21)28-26(31)24-15-14-23(34-24)17-33-22-13-12-19-8-6-7-9-20(19)16-22/h3-16,18H,17H2,1-2H3. The van der Waals surface area contributed by atoms with Crippen LogP contribution >= 0.6 is 0 Å². The van der Waals surface area contributed by atoms with Crippen LogP contribution in [-0.4, -0.2) is 35.6 Å². The van der Waals surface area contributed by atoms with Crippen molar-refractivity contribution >= 4 is 34.0 Å². The maximum absolute atomic E-state index is 13.0. The summed E-state index contributed by atoms with van der Waals surface area (Å²) in [6, 6.07) is 26.0. The van der Waals surface area contributed by atoms with Gasteiger partial charge in [0.2, 0.25) is 0 Å². The van der Waals surface area contributed by atoms with Crippen LogP contribution < -0.4 is 9.75 Å². The van der Waals surface area contributed by atoms with Gasteiger partial charge in [-0.25, -0.2) is 15.0 Å². The van der Waals surface area contributed by atoms with Gasteiger partial charge in [0.25, 0.3) is 5.91 Å². The van der Waals surface area contributed by atoms with Gasteiger partial charge in [-0.1, -0.05) is 48.5 Å². The second-order valence-corrected chi connectivity index (χ2v) is 8.07. The lowest BCUT2D eigenvalue weighted by atomic mass is 10.1. The number of rotatable bonds is 5. The predicted molar refractivity (Wildman–Crippen MR) is 130 cm³/mol. The first-order chi connectivity index (χ1) is 16.5. The van der Waals surface area contributed by atoms with Crippen molar-refractivity contribution in [2.24, 2.45) is 4.99 Å². The molecule has 0 aliphatic carbocycles. The molecule has 1 atom stereocenters. The third kappa shape index (κ3) is 4.09. The quantitative estimate of drug-likeness (QED) is 0.431. The summed E-state index contributed by atoms with van der Waals surface area (Å²) < 4.78 is 11.5. The summed E-state index contributed by atoms with van der Waals surface area (Å²) >= 11 is 0. The second kappa shape index (κ2) is 8.96. The summed E-state index contributed by atoms with van der Waals surface area (Å²) in [4.78, 5) is 29.9. The van der Waals surface area contributed by atoms with Gasteiger partial charge >= 0.3 is 5.91 Å². The smallest absolute Gasteiger partial charge is 0.313 e. The van der Waals surface area contributed by atoms with E-state index < -0.39 is 5.91 Å². The molecule has 3 aromatic carbocycles. The van der Waals surface area contributed by atoms with E-state index in [1.54, 1.807) is 24.2 Å². The Bertz CT molecular complexity index is 1390. The van der Waals surface area contributed by atoms with E-state index in [-0.39, 0.29) is 30.0 Å². The average Bonchev–Trinajstić information content (AvgIpc) is 3.42. The zero-order valence-corrected chi connectivity index (χ0v) is 18.8. The maximum Gasteiger partial charge on any atom is 0.313 e. The van der Waals surface area contributed by atoms with Gasteiger partial charge in [-0.3, -0.25) is 9.59 Å². The number of furan rings is 1. The molecule has 5 rings (SSSR count). The van der Waals surface area contributed by atoms with Gasteiger partial charge in [-0.2, -0.15) is 0 Å². The lowest BCUT2D eigenvalue weighted by Crippen LogP contribution is -2.38. The monoisotopic (exact) mass is 453 g/mol. The third-order valence-electron chi connectivity index (χ3n) is 5.88. The van der Waals surface area contributed by atoms with Crippen molar-refractivity contribution in [3.05, 3.63) is 96.4 Å². The number of carbonyl (C=O) groups is 2. The van der Waals surface area contributed by atoms with Crippen LogP contribution in [-0.2, 0) is 11.4 Å². The van der Waals surface area contributed by atoms with Crippen molar-refractivity contribution in [2.45, 2.75) is 19.6 Å². The number of hydrogen-bond acceptors (Lipinski definition) is 5. The van der Waals surface area contributed by atoms with Crippen LogP contribution in [0.25, 0.3) is 10.8 Å². The van der Waals surface area contributed by atoms with Crippen LogP contribution in [0.15, 0.2) is 94.3 Å². The molecule has 1 aromatic heterocycles. The first-order valence-electron chi connectivity index (χ1n) is 11.0. The summed E-state index contributed by atoms with van der Waals surface area (Å²) in [6.45, 7) is 2.00. The second-order valence-electron chi connectivity index (χ2n) is 8.07. The molecule has 1 unspecified atom stereocenters. The Balaban J connectivity index is 1.29. The highest BCUT2D eigenvalue weighted by Crippen LogP contribution is 2.25. The Morgan fingerprint density at radius 2 is 1.71 bits per heavy atom. The number of anilines is 1. The highest BCUT2D eigenvalue weighted by molar-refractivity contribution is 6.48. The molecule has 0 bridgehead atoms. The van der Waals surface area contributed by atoms with Gasteiger partial charge in [-0.05, 0) is 54.1 Å². The Labute approximate surface area is 196 Å². The third-order valence-corrected chi connectivity index (χ3v) is 5.88. The van der Waals surface area contributed by atoms with E-state index in [0.29, 0.717) is 17.2 Å². The van der Waals surface area contributed by atoms with Crippen LogP contribution in [0.2, 0.25) is 0 Å². The lowest BCUT2D eigenvalue weighted by molar-refractivity contribution is -0.113. The molecule has 1 saturated heterocycles. The number of nitrogens with zero attached hydrogens (tertiary/aromatic N) is 3. The zero-order valence-electron chi connectivity index (χ0n) is 18.8. The molecule has 0 N–H and O–H groups in total. The summed E-state index contributed by atoms with van der Waals surface area (Å²) in [5, 5.41) is 5.49. The Kier molecular flexibility index (Phi) is 5.69. The van der Waals surface area contributed by atoms with Crippen molar-refractivity contribution in [3.63, 3.8) is 0 Å². The van der Waals surface area contributed by atoms with E-state index in [1.165, 1.54) is 5.01 Å². The highest BCUT2D eigenvalue weighted by atomic mass is 16.5. The SMILES string of the molecule is CC1C(=NC(=O)c2ccc(COc3ccc4ccccc4c3)o2)C(=O)N(c2ccccc2)N1C. The largest absolute Gasteiger partial charge is 0.486 e. The molecule has 7 heteroatoms. The summed E-state index contributed by atoms with van der Waals surface area (Å²) in [7, 11) is 1.79. The van der Waals surface area contributed by atoms with Crippen molar-refractivity contribution in [1.82, 2.24) is 5.01 Å². The summed E-state index contributed by atoms with van der Waals surface area (Å²) in [5.41, 5.74) is 0.882. The number of amides is 2. The number of fused-ring (bicyclic) bond motifs is 1. The van der Waals surface area contributed by atoms with Crippen LogP contribution in [0.5, 0.6) is 5.75 Å². The topological polar surface area (TPSA) is 75.3 Å². The fourth-order valence-electron chi connectivity index (χ4n) is 3.94. The number of para-hydroxylation sites is 1. The molecule has 7 nitrogen and oxygen atoms in total.